The summed E-state index contributed by atoms with van der Waals surface area (Å²) in [7, 11) is 2.20. The average molecular weight is 318 g/mol. The van der Waals surface area contributed by atoms with Crippen LogP contribution in [0.4, 0.5) is 0 Å². The Morgan fingerprint density at radius 3 is 2.82 bits per heavy atom. The van der Waals surface area contributed by atoms with E-state index in [0.717, 1.165) is 19.6 Å². The van der Waals surface area contributed by atoms with E-state index < -0.39 is 0 Å². The molecule has 0 spiro atoms. The molecule has 1 saturated heterocycles. The molecule has 1 atom stereocenters. The van der Waals surface area contributed by atoms with Gasteiger partial charge in [0.25, 0.3) is 0 Å². The minimum absolute atomic E-state index is 0.387. The third kappa shape index (κ3) is 3.51. The van der Waals surface area contributed by atoms with Crippen molar-refractivity contribution < 1.29 is 0 Å². The smallest absolute Gasteiger partial charge is 0.0702 e. The highest BCUT2D eigenvalue weighted by atomic mass is 79.9. The first-order valence-corrected chi connectivity index (χ1v) is 7.69. The molecule has 1 aliphatic heterocycles. The summed E-state index contributed by atoms with van der Waals surface area (Å²) in [4.78, 5) is 6.31. The molecule has 2 rings (SSSR count). The van der Waals surface area contributed by atoms with Gasteiger partial charge in [-0.15, -0.1) is 11.3 Å². The first-order chi connectivity index (χ1) is 8.20. The van der Waals surface area contributed by atoms with Gasteiger partial charge in [-0.1, -0.05) is 0 Å². The maximum Gasteiger partial charge on any atom is 0.0702 e. The number of thiophene rings is 1. The van der Waals surface area contributed by atoms with Gasteiger partial charge in [-0.2, -0.15) is 0 Å². The first kappa shape index (κ1) is 13.5. The lowest BCUT2D eigenvalue weighted by Crippen LogP contribution is -2.36. The fourth-order valence-electron chi connectivity index (χ4n) is 2.33. The Morgan fingerprint density at radius 2 is 2.18 bits per heavy atom. The maximum atomic E-state index is 5.97. The normalized spacial score (nSPS) is 21.4. The van der Waals surface area contributed by atoms with Gasteiger partial charge in [0.05, 0.1) is 9.83 Å². The molecule has 0 amide bonds. The third-order valence-electron chi connectivity index (χ3n) is 3.34. The van der Waals surface area contributed by atoms with E-state index >= 15 is 0 Å². The molecule has 5 heteroatoms. The second-order valence-electron chi connectivity index (χ2n) is 4.59. The van der Waals surface area contributed by atoms with Crippen LogP contribution in [-0.2, 0) is 0 Å². The summed E-state index contributed by atoms with van der Waals surface area (Å²) in [6, 6.07) is 4.70. The summed E-state index contributed by atoms with van der Waals surface area (Å²) >= 11 is 5.33. The summed E-state index contributed by atoms with van der Waals surface area (Å²) in [5.74, 6) is 0. The van der Waals surface area contributed by atoms with Crippen LogP contribution in [0.5, 0.6) is 0 Å². The SMILES string of the molecule is CN1CCCN(C(CN)c2ccc(Br)s2)CC1. The van der Waals surface area contributed by atoms with Gasteiger partial charge in [0.2, 0.25) is 0 Å². The van der Waals surface area contributed by atoms with Crippen LogP contribution in [0, 0.1) is 0 Å². The molecule has 0 saturated carbocycles. The predicted molar refractivity (Wildman–Crippen MR) is 77.5 cm³/mol. The van der Waals surface area contributed by atoms with Gasteiger partial charge in [0, 0.05) is 31.1 Å². The van der Waals surface area contributed by atoms with Crippen molar-refractivity contribution in [3.8, 4) is 0 Å². The van der Waals surface area contributed by atoms with Crippen molar-refractivity contribution in [3.63, 3.8) is 0 Å². The number of nitrogens with zero attached hydrogens (tertiary/aromatic N) is 2. The van der Waals surface area contributed by atoms with E-state index in [1.54, 1.807) is 11.3 Å². The molecule has 3 nitrogen and oxygen atoms in total. The summed E-state index contributed by atoms with van der Waals surface area (Å²) in [6.45, 7) is 5.32. The molecule has 0 aliphatic carbocycles. The Kier molecular flexibility index (Phi) is 4.99. The van der Waals surface area contributed by atoms with Gasteiger partial charge in [0.15, 0.2) is 0 Å². The summed E-state index contributed by atoms with van der Waals surface area (Å²) < 4.78 is 1.19. The molecule has 0 radical (unpaired) electrons. The van der Waals surface area contributed by atoms with Crippen molar-refractivity contribution in [3.05, 3.63) is 20.8 Å². The van der Waals surface area contributed by atoms with Crippen LogP contribution >= 0.6 is 27.3 Å². The van der Waals surface area contributed by atoms with Crippen molar-refractivity contribution in [2.75, 3.05) is 39.8 Å². The molecule has 0 aromatic carbocycles. The van der Waals surface area contributed by atoms with Gasteiger partial charge in [-0.05, 0) is 48.1 Å². The van der Waals surface area contributed by atoms with E-state index in [0.29, 0.717) is 12.6 Å². The molecule has 1 unspecified atom stereocenters. The average Bonchev–Trinajstić information content (AvgIpc) is 2.61. The van der Waals surface area contributed by atoms with Crippen molar-refractivity contribution >= 4 is 27.3 Å². The molecule has 0 bridgehead atoms. The van der Waals surface area contributed by atoms with Crippen LogP contribution in [0.1, 0.15) is 17.3 Å². The quantitative estimate of drug-likeness (QED) is 0.927. The fraction of sp³-hybridized carbons (Fsp3) is 0.667. The molecule has 96 valence electrons. The lowest BCUT2D eigenvalue weighted by Gasteiger charge is -2.28. The second kappa shape index (κ2) is 6.29. The molecule has 2 heterocycles. The molecule has 1 aliphatic rings. The van der Waals surface area contributed by atoms with Crippen molar-refractivity contribution in [2.45, 2.75) is 12.5 Å². The highest BCUT2D eigenvalue weighted by molar-refractivity contribution is 9.11. The van der Waals surface area contributed by atoms with Gasteiger partial charge < -0.3 is 10.6 Å². The van der Waals surface area contributed by atoms with Crippen LogP contribution in [0.15, 0.2) is 15.9 Å². The zero-order valence-electron chi connectivity index (χ0n) is 10.2. The van der Waals surface area contributed by atoms with Gasteiger partial charge in [-0.25, -0.2) is 0 Å². The third-order valence-corrected chi connectivity index (χ3v) is 5.07. The highest BCUT2D eigenvalue weighted by Gasteiger charge is 2.22. The molecule has 1 aromatic heterocycles. The Bertz CT molecular complexity index is 355. The van der Waals surface area contributed by atoms with Crippen molar-refractivity contribution in [2.24, 2.45) is 5.73 Å². The Morgan fingerprint density at radius 1 is 1.35 bits per heavy atom. The van der Waals surface area contributed by atoms with Crippen LogP contribution in [0.25, 0.3) is 0 Å². The van der Waals surface area contributed by atoms with Crippen LogP contribution in [0.2, 0.25) is 0 Å². The van der Waals surface area contributed by atoms with Gasteiger partial charge >= 0.3 is 0 Å². The van der Waals surface area contributed by atoms with E-state index in [2.05, 4.69) is 44.9 Å². The molecular formula is C12H20BrN3S. The molecule has 2 N–H and O–H groups in total. The molecule has 1 fully saturated rings. The Labute approximate surface area is 116 Å². The van der Waals surface area contributed by atoms with E-state index in [4.69, 9.17) is 5.73 Å². The lowest BCUT2D eigenvalue weighted by atomic mass is 10.2. The summed E-state index contributed by atoms with van der Waals surface area (Å²) in [6.07, 6.45) is 1.24. The first-order valence-electron chi connectivity index (χ1n) is 6.08. The zero-order chi connectivity index (χ0) is 12.3. The predicted octanol–water partition coefficient (Wildman–Crippen LogP) is 2.15. The monoisotopic (exact) mass is 317 g/mol. The topological polar surface area (TPSA) is 32.5 Å². The Hall–Kier alpha value is 0.0600. The fourth-order valence-corrected chi connectivity index (χ4v) is 3.90. The zero-order valence-corrected chi connectivity index (χ0v) is 12.6. The lowest BCUT2D eigenvalue weighted by molar-refractivity contribution is 0.211. The number of hydrogen-bond acceptors (Lipinski definition) is 4. The van der Waals surface area contributed by atoms with Gasteiger partial charge in [-0.3, -0.25) is 4.90 Å². The molecule has 1 aromatic rings. The number of nitrogens with two attached hydrogens (primary N) is 1. The Balaban J connectivity index is 2.07. The van der Waals surface area contributed by atoms with Crippen LogP contribution < -0.4 is 5.73 Å². The molecular weight excluding hydrogens is 298 g/mol. The van der Waals surface area contributed by atoms with E-state index in [9.17, 15) is 0 Å². The van der Waals surface area contributed by atoms with Crippen molar-refractivity contribution in [1.29, 1.82) is 0 Å². The number of halogens is 1. The number of rotatable bonds is 3. The van der Waals surface area contributed by atoms with Gasteiger partial charge in [0.1, 0.15) is 0 Å². The standard InChI is InChI=1S/C12H20BrN3S/c1-15-5-2-6-16(8-7-15)10(9-14)11-3-4-12(13)17-11/h3-4,10H,2,5-9,14H2,1H3. The van der Waals surface area contributed by atoms with Crippen molar-refractivity contribution in [1.82, 2.24) is 9.80 Å². The number of hydrogen-bond donors (Lipinski definition) is 1. The second-order valence-corrected chi connectivity index (χ2v) is 7.08. The summed E-state index contributed by atoms with van der Waals surface area (Å²) in [5.41, 5.74) is 5.97. The van der Waals surface area contributed by atoms with E-state index in [1.165, 1.54) is 21.6 Å². The van der Waals surface area contributed by atoms with E-state index in [1.807, 2.05) is 0 Å². The highest BCUT2D eigenvalue weighted by Crippen LogP contribution is 2.30. The summed E-state index contributed by atoms with van der Waals surface area (Å²) in [5, 5.41) is 0. The molecule has 17 heavy (non-hydrogen) atoms. The largest absolute Gasteiger partial charge is 0.329 e. The van der Waals surface area contributed by atoms with Crippen LogP contribution in [0.3, 0.4) is 0 Å². The number of likely N-dealkylation sites (N-methyl/N-ethyl adjacent to an activating group) is 1. The minimum atomic E-state index is 0.387. The maximum absolute atomic E-state index is 5.97. The van der Waals surface area contributed by atoms with Crippen LogP contribution in [-0.4, -0.2) is 49.6 Å². The minimum Gasteiger partial charge on any atom is -0.329 e. The van der Waals surface area contributed by atoms with E-state index in [-0.39, 0.29) is 0 Å².